The maximum Gasteiger partial charge on any atom is 0.125 e. The summed E-state index contributed by atoms with van der Waals surface area (Å²) in [4.78, 5) is 10.5. The molecule has 1 N–H and O–H groups in total. The summed E-state index contributed by atoms with van der Waals surface area (Å²) in [6.45, 7) is 2.61. The lowest BCUT2D eigenvalue weighted by Crippen LogP contribution is -2.09. The van der Waals surface area contributed by atoms with Crippen molar-refractivity contribution in [3.8, 4) is 0 Å². The number of aromatic nitrogens is 2. The van der Waals surface area contributed by atoms with E-state index in [4.69, 9.17) is 0 Å². The topological polar surface area (TPSA) is 41.1 Å². The molecule has 2 rings (SSSR count). The van der Waals surface area contributed by atoms with Crippen molar-refractivity contribution in [2.75, 3.05) is 24.3 Å². The van der Waals surface area contributed by atoms with Crippen molar-refractivity contribution < 1.29 is 0 Å². The number of benzene rings is 1. The maximum absolute atomic E-state index is 4.36. The normalized spacial score (nSPS) is 10.2. The first-order valence-electron chi connectivity index (χ1n) is 5.95. The third kappa shape index (κ3) is 3.20. The van der Waals surface area contributed by atoms with E-state index >= 15 is 0 Å². The van der Waals surface area contributed by atoms with Gasteiger partial charge in [-0.2, -0.15) is 0 Å². The summed E-state index contributed by atoms with van der Waals surface area (Å²) in [7, 11) is 4.07. The van der Waals surface area contributed by atoms with Crippen molar-refractivity contribution in [3.05, 3.63) is 48.0 Å². The minimum atomic E-state index is 0.709. The van der Waals surface area contributed by atoms with Crippen molar-refractivity contribution in [3.63, 3.8) is 0 Å². The van der Waals surface area contributed by atoms with E-state index in [0.717, 1.165) is 17.2 Å². The zero-order valence-corrected chi connectivity index (χ0v) is 11.0. The first-order chi connectivity index (χ1) is 8.65. The summed E-state index contributed by atoms with van der Waals surface area (Å²) in [6, 6.07) is 10.2. The van der Waals surface area contributed by atoms with Crippen molar-refractivity contribution >= 4 is 11.4 Å². The lowest BCUT2D eigenvalue weighted by molar-refractivity contribution is 0.955. The fourth-order valence-corrected chi connectivity index (χ4v) is 1.69. The Bertz CT molecular complexity index is 523. The molecule has 1 heterocycles. The first kappa shape index (κ1) is 12.4. The second-order valence-electron chi connectivity index (χ2n) is 4.39. The molecule has 4 nitrogen and oxygen atoms in total. The highest BCUT2D eigenvalue weighted by atomic mass is 15.1. The van der Waals surface area contributed by atoms with Crippen molar-refractivity contribution in [2.45, 2.75) is 13.5 Å². The van der Waals surface area contributed by atoms with Crippen LogP contribution in [0.2, 0.25) is 0 Å². The SMILES string of the molecule is Cc1nccc(CNc2cccc(N(C)C)c2)n1. The molecule has 18 heavy (non-hydrogen) atoms. The molecule has 0 spiro atoms. The van der Waals surface area contributed by atoms with Gasteiger partial charge in [0, 0.05) is 31.7 Å². The Labute approximate surface area is 108 Å². The van der Waals surface area contributed by atoms with Crippen LogP contribution in [0.4, 0.5) is 11.4 Å². The molecule has 2 aromatic rings. The lowest BCUT2D eigenvalue weighted by Gasteiger charge is -2.14. The zero-order valence-electron chi connectivity index (χ0n) is 11.0. The van der Waals surface area contributed by atoms with Gasteiger partial charge in [0.2, 0.25) is 0 Å². The summed E-state index contributed by atoms with van der Waals surface area (Å²) in [6.07, 6.45) is 1.79. The number of anilines is 2. The Morgan fingerprint density at radius 2 is 2.06 bits per heavy atom. The summed E-state index contributed by atoms with van der Waals surface area (Å²) in [5.41, 5.74) is 3.27. The molecule has 0 bridgehead atoms. The van der Waals surface area contributed by atoms with Gasteiger partial charge in [0.1, 0.15) is 5.82 Å². The van der Waals surface area contributed by atoms with Crippen LogP contribution in [-0.4, -0.2) is 24.1 Å². The molecule has 4 heteroatoms. The lowest BCUT2D eigenvalue weighted by atomic mass is 10.2. The second-order valence-corrected chi connectivity index (χ2v) is 4.39. The van der Waals surface area contributed by atoms with Gasteiger partial charge in [-0.1, -0.05) is 6.07 Å². The minimum absolute atomic E-state index is 0.709. The Balaban J connectivity index is 2.04. The number of hydrogen-bond donors (Lipinski definition) is 1. The zero-order chi connectivity index (χ0) is 13.0. The van der Waals surface area contributed by atoms with E-state index in [2.05, 4.69) is 38.4 Å². The van der Waals surface area contributed by atoms with Crippen LogP contribution in [-0.2, 0) is 6.54 Å². The van der Waals surface area contributed by atoms with Gasteiger partial charge in [-0.05, 0) is 31.2 Å². The van der Waals surface area contributed by atoms with Crippen LogP contribution in [0.3, 0.4) is 0 Å². The van der Waals surface area contributed by atoms with Gasteiger partial charge < -0.3 is 10.2 Å². The van der Waals surface area contributed by atoms with E-state index in [9.17, 15) is 0 Å². The van der Waals surface area contributed by atoms with Gasteiger partial charge in [0.05, 0.1) is 12.2 Å². The molecule has 1 aromatic carbocycles. The summed E-state index contributed by atoms with van der Waals surface area (Å²) in [5.74, 6) is 0.802. The molecule has 0 fully saturated rings. The minimum Gasteiger partial charge on any atom is -0.379 e. The standard InChI is InChI=1S/C14H18N4/c1-11-15-8-7-13(17-11)10-16-12-5-4-6-14(9-12)18(2)3/h4-9,16H,10H2,1-3H3. The molecular weight excluding hydrogens is 224 g/mol. The fourth-order valence-electron chi connectivity index (χ4n) is 1.69. The number of aryl methyl sites for hydroxylation is 1. The molecule has 0 aliphatic rings. The van der Waals surface area contributed by atoms with Crippen molar-refractivity contribution in [1.29, 1.82) is 0 Å². The monoisotopic (exact) mass is 242 g/mol. The highest BCUT2D eigenvalue weighted by Gasteiger charge is 1.99. The Morgan fingerprint density at radius 3 is 2.78 bits per heavy atom. The van der Waals surface area contributed by atoms with E-state index in [-0.39, 0.29) is 0 Å². The van der Waals surface area contributed by atoms with E-state index < -0.39 is 0 Å². The average molecular weight is 242 g/mol. The maximum atomic E-state index is 4.36. The van der Waals surface area contributed by atoms with Gasteiger partial charge in [0.15, 0.2) is 0 Å². The van der Waals surface area contributed by atoms with E-state index in [1.807, 2.05) is 33.2 Å². The van der Waals surface area contributed by atoms with E-state index in [1.54, 1.807) is 6.20 Å². The second kappa shape index (κ2) is 5.49. The van der Waals surface area contributed by atoms with Gasteiger partial charge in [-0.15, -0.1) is 0 Å². The summed E-state index contributed by atoms with van der Waals surface area (Å²) in [5, 5.41) is 3.37. The van der Waals surface area contributed by atoms with Crippen LogP contribution in [0.25, 0.3) is 0 Å². The highest BCUT2D eigenvalue weighted by molar-refractivity contribution is 5.57. The predicted octanol–water partition coefficient (Wildman–Crippen LogP) is 2.46. The molecule has 0 aliphatic carbocycles. The van der Waals surface area contributed by atoms with Crippen molar-refractivity contribution in [1.82, 2.24) is 9.97 Å². The first-order valence-corrected chi connectivity index (χ1v) is 5.95. The van der Waals surface area contributed by atoms with Gasteiger partial charge in [0.25, 0.3) is 0 Å². The van der Waals surface area contributed by atoms with Crippen LogP contribution in [0.1, 0.15) is 11.5 Å². The molecule has 0 aliphatic heterocycles. The van der Waals surface area contributed by atoms with Crippen LogP contribution in [0, 0.1) is 6.92 Å². The van der Waals surface area contributed by atoms with E-state index in [0.29, 0.717) is 6.54 Å². The highest BCUT2D eigenvalue weighted by Crippen LogP contribution is 2.17. The Kier molecular flexibility index (Phi) is 3.77. The van der Waals surface area contributed by atoms with Crippen LogP contribution in [0.15, 0.2) is 36.5 Å². The number of nitrogens with one attached hydrogen (secondary N) is 1. The van der Waals surface area contributed by atoms with Crippen LogP contribution < -0.4 is 10.2 Å². The summed E-state index contributed by atoms with van der Waals surface area (Å²) >= 11 is 0. The number of nitrogens with zero attached hydrogens (tertiary/aromatic N) is 3. The smallest absolute Gasteiger partial charge is 0.125 e. The molecule has 94 valence electrons. The fraction of sp³-hybridized carbons (Fsp3) is 0.286. The van der Waals surface area contributed by atoms with Gasteiger partial charge in [-0.25, -0.2) is 9.97 Å². The average Bonchev–Trinajstić information content (AvgIpc) is 2.37. The molecule has 1 aromatic heterocycles. The molecule has 0 unspecified atom stereocenters. The predicted molar refractivity (Wildman–Crippen MR) is 74.9 cm³/mol. The molecule has 0 saturated heterocycles. The van der Waals surface area contributed by atoms with Gasteiger partial charge in [-0.3, -0.25) is 0 Å². The van der Waals surface area contributed by atoms with Crippen LogP contribution in [0.5, 0.6) is 0 Å². The molecule has 0 atom stereocenters. The third-order valence-electron chi connectivity index (χ3n) is 2.67. The van der Waals surface area contributed by atoms with E-state index in [1.165, 1.54) is 5.69 Å². The molecular formula is C14H18N4. The largest absolute Gasteiger partial charge is 0.379 e. The Morgan fingerprint density at radius 1 is 1.22 bits per heavy atom. The Hall–Kier alpha value is -2.10. The van der Waals surface area contributed by atoms with Crippen LogP contribution >= 0.6 is 0 Å². The molecule has 0 radical (unpaired) electrons. The number of hydrogen-bond acceptors (Lipinski definition) is 4. The van der Waals surface area contributed by atoms with Gasteiger partial charge >= 0.3 is 0 Å². The summed E-state index contributed by atoms with van der Waals surface area (Å²) < 4.78 is 0. The molecule has 0 saturated carbocycles. The molecule has 0 amide bonds. The van der Waals surface area contributed by atoms with Crippen molar-refractivity contribution in [2.24, 2.45) is 0 Å². The quantitative estimate of drug-likeness (QED) is 0.894. The number of rotatable bonds is 4. The third-order valence-corrected chi connectivity index (χ3v) is 2.67.